The summed E-state index contributed by atoms with van der Waals surface area (Å²) < 4.78 is 4.73. The van der Waals surface area contributed by atoms with E-state index in [-0.39, 0.29) is 41.4 Å². The Balaban J connectivity index is -0.000000147. The fourth-order valence-electron chi connectivity index (χ4n) is 0.198. The van der Waals surface area contributed by atoms with Gasteiger partial charge in [0.05, 0.1) is 18.6 Å². The zero-order valence-corrected chi connectivity index (χ0v) is 12.4. The first-order chi connectivity index (χ1) is 6.65. The van der Waals surface area contributed by atoms with Crippen molar-refractivity contribution in [3.05, 3.63) is 0 Å². The Morgan fingerprint density at radius 3 is 1.67 bits per heavy atom. The van der Waals surface area contributed by atoms with Gasteiger partial charge in [0.1, 0.15) is 0 Å². The fourth-order valence-corrected chi connectivity index (χ4v) is 0.706. The van der Waals surface area contributed by atoms with Crippen molar-refractivity contribution in [2.75, 3.05) is 30.9 Å². The first kappa shape index (κ1) is 21.8. The van der Waals surface area contributed by atoms with Crippen LogP contribution in [0.2, 0.25) is 0 Å². The summed E-state index contributed by atoms with van der Waals surface area (Å²) in [4.78, 5) is 0. The van der Waals surface area contributed by atoms with Gasteiger partial charge in [-0.05, 0) is 0 Å². The molecule has 0 amide bonds. The zero-order chi connectivity index (χ0) is 11.4. The van der Waals surface area contributed by atoms with Gasteiger partial charge in [-0.15, -0.1) is 41.4 Å². The molecule has 15 heavy (non-hydrogen) atoms. The van der Waals surface area contributed by atoms with Crippen LogP contribution in [0.25, 0.3) is 0 Å². The van der Waals surface area contributed by atoms with Gasteiger partial charge in [-0.2, -0.15) is 0 Å². The average molecular weight is 290 g/mol. The number of hydrogen-bond donors (Lipinski definition) is 0. The smallest absolute Gasteiger partial charge is 0.855 e. The summed E-state index contributed by atoms with van der Waals surface area (Å²) in [6.07, 6.45) is -0.384. The molecule has 3 nitrogen and oxygen atoms in total. The van der Waals surface area contributed by atoms with E-state index in [1.54, 1.807) is 6.92 Å². The number of alkyl halides is 3. The molecule has 7 heteroatoms. The van der Waals surface area contributed by atoms with E-state index in [1.165, 1.54) is 0 Å². The topological polar surface area (TPSA) is 58.6 Å². The van der Waals surface area contributed by atoms with Gasteiger partial charge in [-0.3, -0.25) is 0 Å². The van der Waals surface area contributed by atoms with Gasteiger partial charge in [0, 0.05) is 11.8 Å². The van der Waals surface area contributed by atoms with Crippen molar-refractivity contribution >= 4 is 57.9 Å². The molecule has 1 heterocycles. The molecule has 0 aliphatic carbocycles. The van der Waals surface area contributed by atoms with E-state index >= 15 is 0 Å². The molecule has 1 aliphatic heterocycles. The van der Waals surface area contributed by atoms with Crippen LogP contribution in [0.4, 0.5) is 0 Å². The summed E-state index contributed by atoms with van der Waals surface area (Å²) in [5, 5.41) is 18.9. The van der Waals surface area contributed by atoms with E-state index in [0.29, 0.717) is 12.0 Å². The summed E-state index contributed by atoms with van der Waals surface area (Å²) >= 11 is 15.4. The molecule has 0 radical (unpaired) electrons. The molecule has 1 atom stereocenters. The quantitative estimate of drug-likeness (QED) is 0.411. The number of rotatable bonds is 3. The molecule has 1 unspecified atom stereocenters. The molecule has 0 aromatic heterocycles. The fraction of sp³-hybridized carbons (Fsp3) is 1.00. The maximum Gasteiger partial charge on any atom is 2.00 e. The SMILES string of the molecule is CC[O-].ClCC1CO1.[Mg+2].[O-]C(CCl)CCl. The van der Waals surface area contributed by atoms with E-state index in [4.69, 9.17) is 44.6 Å². The summed E-state index contributed by atoms with van der Waals surface area (Å²) in [7, 11) is 0. The molecular weight excluding hydrogens is 275 g/mol. The van der Waals surface area contributed by atoms with Crippen LogP contribution in [0, 0.1) is 0 Å². The molecule has 0 aromatic carbocycles. The van der Waals surface area contributed by atoms with Gasteiger partial charge in [0.15, 0.2) is 0 Å². The van der Waals surface area contributed by atoms with Crippen LogP contribution in [0.3, 0.4) is 0 Å². The maximum atomic E-state index is 10.0. The van der Waals surface area contributed by atoms with Crippen molar-refractivity contribution in [2.45, 2.75) is 19.1 Å². The van der Waals surface area contributed by atoms with E-state index < -0.39 is 6.10 Å². The number of halogens is 3. The molecule has 0 saturated carbocycles. The largest absolute Gasteiger partial charge is 2.00 e. The molecule has 1 rings (SSSR count). The van der Waals surface area contributed by atoms with Gasteiger partial charge in [-0.1, -0.05) is 13.0 Å². The second-order valence-corrected chi connectivity index (χ2v) is 3.25. The molecule has 1 saturated heterocycles. The van der Waals surface area contributed by atoms with E-state index in [2.05, 4.69) is 0 Å². The zero-order valence-electron chi connectivity index (χ0n) is 8.76. The first-order valence-corrected chi connectivity index (χ1v) is 5.79. The van der Waals surface area contributed by atoms with E-state index in [9.17, 15) is 5.11 Å². The minimum Gasteiger partial charge on any atom is -0.855 e. The molecular formula is C8H15Cl3MgO3. The molecule has 0 aromatic rings. The van der Waals surface area contributed by atoms with Crippen LogP contribution in [0.5, 0.6) is 0 Å². The van der Waals surface area contributed by atoms with Crippen LogP contribution in [0.1, 0.15) is 6.92 Å². The van der Waals surface area contributed by atoms with Gasteiger partial charge in [0.2, 0.25) is 0 Å². The van der Waals surface area contributed by atoms with Gasteiger partial charge < -0.3 is 14.9 Å². The number of hydrogen-bond acceptors (Lipinski definition) is 3. The standard InChI is InChI=1S/C3H5Cl2O.C3H5ClO.C2H5O.Mg/c4-1-3(6)2-5;4-1-3-2-5-3;1-2-3;/h3H,1-2H2;3H,1-2H2;2H2,1H3;/q-1;;-1;+2. The normalized spacial score (nSPS) is 16.6. The monoisotopic (exact) mass is 288 g/mol. The van der Waals surface area contributed by atoms with Crippen LogP contribution < -0.4 is 10.2 Å². The second-order valence-electron chi connectivity index (χ2n) is 2.33. The minimum absolute atomic E-state index is 0. The van der Waals surface area contributed by atoms with Crippen molar-refractivity contribution in [2.24, 2.45) is 0 Å². The van der Waals surface area contributed by atoms with E-state index in [0.717, 1.165) is 6.61 Å². The third-order valence-electron chi connectivity index (χ3n) is 0.919. The summed E-state index contributed by atoms with van der Waals surface area (Å²) in [5.41, 5.74) is 0. The van der Waals surface area contributed by atoms with Crippen molar-refractivity contribution in [1.29, 1.82) is 0 Å². The number of ether oxygens (including phenoxy) is 1. The second kappa shape index (κ2) is 17.9. The Labute approximate surface area is 122 Å². The van der Waals surface area contributed by atoms with E-state index in [1.807, 2.05) is 0 Å². The van der Waals surface area contributed by atoms with Crippen molar-refractivity contribution in [1.82, 2.24) is 0 Å². The predicted molar refractivity (Wildman–Crippen MR) is 62.0 cm³/mol. The van der Waals surface area contributed by atoms with Crippen LogP contribution in [0.15, 0.2) is 0 Å². The van der Waals surface area contributed by atoms with Crippen LogP contribution in [-0.2, 0) is 4.74 Å². The predicted octanol–water partition coefficient (Wildman–Crippen LogP) is -0.197. The van der Waals surface area contributed by atoms with Crippen molar-refractivity contribution in [3.63, 3.8) is 0 Å². The Morgan fingerprint density at radius 2 is 1.67 bits per heavy atom. The van der Waals surface area contributed by atoms with Crippen molar-refractivity contribution < 1.29 is 14.9 Å². The molecule has 88 valence electrons. The third kappa shape index (κ3) is 25.6. The minimum atomic E-state index is -0.784. The molecule has 1 fully saturated rings. The Kier molecular flexibility index (Phi) is 26.0. The first-order valence-electron chi connectivity index (χ1n) is 4.19. The van der Waals surface area contributed by atoms with Crippen LogP contribution in [-0.4, -0.2) is 66.1 Å². The summed E-state index contributed by atoms with van der Waals surface area (Å²) in [6.45, 7) is 2.45. The number of epoxide rings is 1. The van der Waals surface area contributed by atoms with Gasteiger partial charge in [0.25, 0.3) is 0 Å². The van der Waals surface area contributed by atoms with Gasteiger partial charge in [-0.25, -0.2) is 0 Å². The summed E-state index contributed by atoms with van der Waals surface area (Å²) in [5.74, 6) is 0.896. The molecule has 0 N–H and O–H groups in total. The Morgan fingerprint density at radius 1 is 1.33 bits per heavy atom. The molecule has 1 aliphatic rings. The van der Waals surface area contributed by atoms with Crippen LogP contribution >= 0.6 is 34.8 Å². The molecule has 0 bridgehead atoms. The Hall–Kier alpha value is 1.52. The average Bonchev–Trinajstić information content (AvgIpc) is 3.02. The maximum absolute atomic E-state index is 10.0. The summed E-state index contributed by atoms with van der Waals surface area (Å²) in [6, 6.07) is 0. The third-order valence-corrected chi connectivity index (χ3v) is 1.95. The van der Waals surface area contributed by atoms with Gasteiger partial charge >= 0.3 is 23.1 Å². The van der Waals surface area contributed by atoms with Crippen molar-refractivity contribution in [3.8, 4) is 0 Å². The Bertz CT molecular complexity index is 103. The molecule has 0 spiro atoms.